The molecule has 10 nitrogen and oxygen atoms in total. The fourth-order valence-electron chi connectivity index (χ4n) is 2.37. The van der Waals surface area contributed by atoms with Crippen LogP contribution in [0.4, 0.5) is 11.4 Å². The molecular weight excluding hydrogens is 529 g/mol. The molecule has 0 atom stereocenters. The molecule has 2 N–H and O–H groups in total. The lowest BCUT2D eigenvalue weighted by Crippen LogP contribution is -2.05. The van der Waals surface area contributed by atoms with Crippen molar-refractivity contribution in [3.05, 3.63) is 48.5 Å². The van der Waals surface area contributed by atoms with E-state index in [4.69, 9.17) is 0 Å². The fourth-order valence-corrected chi connectivity index (χ4v) is 9.02. The zero-order chi connectivity index (χ0) is 24.2. The molecule has 1 aromatic heterocycles. The second-order valence-corrected chi connectivity index (χ2v) is 14.8. The third-order valence-electron chi connectivity index (χ3n) is 3.68. The fraction of sp³-hybridized carbons (Fsp3) is 0.111. The first-order valence-corrected chi connectivity index (χ1v) is 15.3. The molecule has 0 aliphatic heterocycles. The molecule has 0 aliphatic carbocycles. The van der Waals surface area contributed by atoms with E-state index in [0.717, 1.165) is 11.5 Å². The van der Waals surface area contributed by atoms with Gasteiger partial charge in [0, 0.05) is 36.0 Å². The van der Waals surface area contributed by atoms with Crippen LogP contribution in [0.5, 0.6) is 0 Å². The lowest BCUT2D eigenvalue weighted by atomic mass is 10.3. The van der Waals surface area contributed by atoms with Crippen molar-refractivity contribution < 1.29 is 26.4 Å². The van der Waals surface area contributed by atoms with Gasteiger partial charge in [-0.05, 0) is 60.1 Å². The van der Waals surface area contributed by atoms with Gasteiger partial charge in [-0.15, -0.1) is 0 Å². The van der Waals surface area contributed by atoms with Gasteiger partial charge in [0.15, 0.2) is 4.34 Å². The highest BCUT2D eigenvalue weighted by molar-refractivity contribution is 8.72. The van der Waals surface area contributed by atoms with Gasteiger partial charge in [-0.3, -0.25) is 9.59 Å². The normalized spacial score (nSPS) is 11.7. The molecule has 0 saturated heterocycles. The SMILES string of the molecule is CC(=O)Nc1ccc(S(=O)(=O)Sc2nsc(SS(=O)(=O)c3ccc(NC(C)=O)cc3)n2)cc1. The quantitative estimate of drug-likeness (QED) is 0.403. The number of nitrogens with one attached hydrogen (secondary N) is 2. The maximum Gasteiger partial charge on any atom is 0.237 e. The minimum absolute atomic E-state index is 0.00196. The molecule has 2 aromatic carbocycles. The van der Waals surface area contributed by atoms with E-state index in [-0.39, 0.29) is 31.1 Å². The lowest BCUT2D eigenvalue weighted by Gasteiger charge is -2.04. The van der Waals surface area contributed by atoms with Gasteiger partial charge >= 0.3 is 0 Å². The number of nitrogens with zero attached hydrogens (tertiary/aromatic N) is 2. The van der Waals surface area contributed by atoms with Gasteiger partial charge < -0.3 is 10.6 Å². The van der Waals surface area contributed by atoms with Gasteiger partial charge in [-0.2, -0.15) is 4.37 Å². The van der Waals surface area contributed by atoms with E-state index < -0.39 is 17.7 Å². The molecule has 1 heterocycles. The zero-order valence-corrected chi connectivity index (χ0v) is 21.1. The van der Waals surface area contributed by atoms with Crippen LogP contribution in [0.15, 0.2) is 67.8 Å². The Labute approximate surface area is 201 Å². The first-order chi connectivity index (χ1) is 15.4. The van der Waals surface area contributed by atoms with Crippen molar-refractivity contribution >= 4 is 74.0 Å². The number of hydrogen-bond acceptors (Lipinski definition) is 11. The van der Waals surface area contributed by atoms with Crippen LogP contribution in [-0.2, 0) is 27.3 Å². The molecule has 3 rings (SSSR count). The van der Waals surface area contributed by atoms with Gasteiger partial charge in [0.05, 0.1) is 20.6 Å². The standard InChI is InChI=1S/C18H16N4O6S5/c1-11(23)19-13-3-7-15(8-4-13)32(25,26)30-17-21-18(29-22-17)31-33(27,28)16-9-5-14(6-10-16)20-12(2)24/h3-10H,1-2H3,(H,19,23)(H,20,24). The predicted octanol–water partition coefficient (Wildman–Crippen LogP) is 3.42. The average molecular weight is 545 g/mol. The first-order valence-electron chi connectivity index (χ1n) is 8.92. The lowest BCUT2D eigenvalue weighted by molar-refractivity contribution is -0.115. The number of aromatic nitrogens is 2. The van der Waals surface area contributed by atoms with Crippen molar-refractivity contribution in [2.75, 3.05) is 10.6 Å². The minimum atomic E-state index is -3.86. The van der Waals surface area contributed by atoms with E-state index >= 15 is 0 Å². The molecule has 0 bridgehead atoms. The second-order valence-electron chi connectivity index (χ2n) is 6.33. The first kappa shape index (κ1) is 25.2. The van der Waals surface area contributed by atoms with Crippen molar-refractivity contribution in [3.8, 4) is 0 Å². The highest BCUT2D eigenvalue weighted by Crippen LogP contribution is 2.36. The largest absolute Gasteiger partial charge is 0.326 e. The van der Waals surface area contributed by atoms with Crippen molar-refractivity contribution in [2.24, 2.45) is 0 Å². The van der Waals surface area contributed by atoms with Crippen molar-refractivity contribution in [2.45, 2.75) is 33.1 Å². The summed E-state index contributed by atoms with van der Waals surface area (Å²) in [6.45, 7) is 2.68. The number of benzene rings is 2. The monoisotopic (exact) mass is 544 g/mol. The summed E-state index contributed by atoms with van der Waals surface area (Å²) < 4.78 is 54.4. The van der Waals surface area contributed by atoms with Gasteiger partial charge in [-0.1, -0.05) is 0 Å². The topological polar surface area (TPSA) is 152 Å². The molecule has 0 spiro atoms. The second kappa shape index (κ2) is 10.2. The van der Waals surface area contributed by atoms with E-state index in [2.05, 4.69) is 20.0 Å². The summed E-state index contributed by atoms with van der Waals surface area (Å²) in [5.41, 5.74) is 0.906. The summed E-state index contributed by atoms with van der Waals surface area (Å²) in [4.78, 5) is 26.1. The van der Waals surface area contributed by atoms with Crippen LogP contribution < -0.4 is 10.6 Å². The molecule has 0 saturated carbocycles. The van der Waals surface area contributed by atoms with E-state index in [1.54, 1.807) is 0 Å². The number of carbonyl (C=O) groups excluding carboxylic acids is 2. The van der Waals surface area contributed by atoms with Crippen LogP contribution >= 0.6 is 33.1 Å². The van der Waals surface area contributed by atoms with Crippen LogP contribution in [0.3, 0.4) is 0 Å². The third-order valence-corrected chi connectivity index (χ3v) is 11.2. The van der Waals surface area contributed by atoms with E-state index in [9.17, 15) is 26.4 Å². The summed E-state index contributed by atoms with van der Waals surface area (Å²) in [6.07, 6.45) is 0. The summed E-state index contributed by atoms with van der Waals surface area (Å²) >= 11 is 0.761. The number of carbonyl (C=O) groups is 2. The van der Waals surface area contributed by atoms with Gasteiger partial charge in [-0.25, -0.2) is 21.8 Å². The van der Waals surface area contributed by atoms with Crippen LogP contribution in [-0.4, -0.2) is 38.0 Å². The zero-order valence-electron chi connectivity index (χ0n) is 17.0. The summed E-state index contributed by atoms with van der Waals surface area (Å²) in [6, 6.07) is 11.2. The molecule has 174 valence electrons. The molecule has 15 heteroatoms. The molecule has 0 aliphatic rings. The Bertz CT molecular complexity index is 1280. The van der Waals surface area contributed by atoms with E-state index in [1.807, 2.05) is 0 Å². The molecule has 2 amide bonds. The number of amides is 2. The number of anilines is 2. The Balaban J connectivity index is 1.70. The molecular formula is C18H16N4O6S5. The van der Waals surface area contributed by atoms with Crippen LogP contribution in [0, 0.1) is 0 Å². The third kappa shape index (κ3) is 7.01. The highest BCUT2D eigenvalue weighted by atomic mass is 33.1. The van der Waals surface area contributed by atoms with Crippen molar-refractivity contribution in [1.82, 2.24) is 9.36 Å². The van der Waals surface area contributed by atoms with Crippen LogP contribution in [0.2, 0.25) is 0 Å². The summed E-state index contributed by atoms with van der Waals surface area (Å²) in [5.74, 6) is -0.562. The average Bonchev–Trinajstić information content (AvgIpc) is 3.13. The Morgan fingerprint density at radius 1 is 0.758 bits per heavy atom. The van der Waals surface area contributed by atoms with Gasteiger partial charge in [0.25, 0.3) is 0 Å². The minimum Gasteiger partial charge on any atom is -0.326 e. The summed E-state index contributed by atoms with van der Waals surface area (Å²) in [5, 5.41) is 4.98. The molecule has 0 radical (unpaired) electrons. The summed E-state index contributed by atoms with van der Waals surface area (Å²) in [7, 11) is -6.86. The molecule has 33 heavy (non-hydrogen) atoms. The highest BCUT2D eigenvalue weighted by Gasteiger charge is 2.23. The van der Waals surface area contributed by atoms with Crippen LogP contribution in [0.1, 0.15) is 13.8 Å². The van der Waals surface area contributed by atoms with Crippen LogP contribution in [0.25, 0.3) is 0 Å². The number of rotatable bonds is 8. The molecule has 0 unspecified atom stereocenters. The number of hydrogen-bond donors (Lipinski definition) is 2. The van der Waals surface area contributed by atoms with Crippen molar-refractivity contribution in [3.63, 3.8) is 0 Å². The Kier molecular flexibility index (Phi) is 7.79. The Hall–Kier alpha value is -2.46. The maximum absolute atomic E-state index is 12.6. The van der Waals surface area contributed by atoms with Gasteiger partial charge in [0.2, 0.25) is 34.7 Å². The van der Waals surface area contributed by atoms with E-state index in [0.29, 0.717) is 33.0 Å². The predicted molar refractivity (Wildman–Crippen MR) is 127 cm³/mol. The molecule has 0 fully saturated rings. The Morgan fingerprint density at radius 3 is 1.61 bits per heavy atom. The molecule has 3 aromatic rings. The maximum atomic E-state index is 12.6. The van der Waals surface area contributed by atoms with Gasteiger partial charge in [0.1, 0.15) is 0 Å². The smallest absolute Gasteiger partial charge is 0.237 e. The van der Waals surface area contributed by atoms with E-state index in [1.165, 1.54) is 62.4 Å². The van der Waals surface area contributed by atoms with Crippen molar-refractivity contribution in [1.29, 1.82) is 0 Å². The Morgan fingerprint density at radius 2 is 1.18 bits per heavy atom.